The van der Waals surface area contributed by atoms with Crippen molar-refractivity contribution in [3.05, 3.63) is 12.2 Å². The molecule has 0 aromatic carbocycles. The Labute approximate surface area is 95.4 Å². The largest absolute Gasteiger partial charge is 0.313 e. The molecule has 1 aliphatic rings. The zero-order valence-corrected chi connectivity index (χ0v) is 10.3. The smallest absolute Gasteiger partial charge is 0.0388 e. The van der Waals surface area contributed by atoms with Crippen LogP contribution in [0.25, 0.3) is 0 Å². The Bertz CT molecular complexity index is 230. The van der Waals surface area contributed by atoms with E-state index in [-0.39, 0.29) is 1.43 Å². The summed E-state index contributed by atoms with van der Waals surface area (Å²) in [5, 5.41) is 3.60. The summed E-state index contributed by atoms with van der Waals surface area (Å²) in [6, 6.07) is 0.625. The van der Waals surface area contributed by atoms with E-state index in [0.29, 0.717) is 12.0 Å². The summed E-state index contributed by atoms with van der Waals surface area (Å²) in [6.45, 7) is 8.51. The fraction of sp³-hybridized carbons (Fsp3) is 0.769. The lowest BCUT2D eigenvalue weighted by molar-refractivity contribution is 0.358. The lowest BCUT2D eigenvalue weighted by Gasteiger charge is -2.29. The van der Waals surface area contributed by atoms with Gasteiger partial charge >= 0.3 is 0 Å². The van der Waals surface area contributed by atoms with Gasteiger partial charge in [0.15, 0.2) is 0 Å². The average molecular weight is 210 g/mol. The van der Waals surface area contributed by atoms with E-state index >= 15 is 0 Å². The molecule has 1 aliphatic heterocycles. The molecule has 1 heterocycles. The highest BCUT2D eigenvalue weighted by molar-refractivity contribution is 5.97. The summed E-state index contributed by atoms with van der Waals surface area (Å²) in [6.07, 6.45) is 8.23. The molecule has 1 N–H and O–H groups in total. The van der Waals surface area contributed by atoms with Gasteiger partial charge in [-0.3, -0.25) is 4.99 Å². The van der Waals surface area contributed by atoms with E-state index in [1.165, 1.54) is 31.5 Å². The van der Waals surface area contributed by atoms with Gasteiger partial charge in [-0.05, 0) is 39.3 Å². The van der Waals surface area contributed by atoms with Crippen LogP contribution in [0.15, 0.2) is 17.1 Å². The highest BCUT2D eigenvalue weighted by atomic mass is 14.9. The van der Waals surface area contributed by atoms with Crippen molar-refractivity contribution in [2.24, 2.45) is 10.9 Å². The number of allylic oxidation sites excluding steroid dienone is 2. The maximum Gasteiger partial charge on any atom is 0.0388 e. The average Bonchev–Trinajstić information content (AvgIpc) is 2.29. The van der Waals surface area contributed by atoms with Crippen LogP contribution in [0, 0.1) is 5.92 Å². The number of nitrogens with one attached hydrogen (secondary N) is 1. The summed E-state index contributed by atoms with van der Waals surface area (Å²) in [4.78, 5) is 4.58. The van der Waals surface area contributed by atoms with Crippen LogP contribution in [-0.4, -0.2) is 24.8 Å². The van der Waals surface area contributed by atoms with Crippen LogP contribution >= 0.6 is 0 Å². The Morgan fingerprint density at radius 2 is 2.40 bits per heavy atom. The first-order valence-electron chi connectivity index (χ1n) is 6.20. The number of nitrogens with zero attached hydrogens (tertiary/aromatic N) is 1. The minimum absolute atomic E-state index is 0. The van der Waals surface area contributed by atoms with Gasteiger partial charge in [0.2, 0.25) is 0 Å². The SMILES string of the molecule is C/C=C\C(=NCC)C(C)C1CCCCN1.[HH]. The topological polar surface area (TPSA) is 24.4 Å². The Morgan fingerprint density at radius 3 is 2.93 bits per heavy atom. The summed E-state index contributed by atoms with van der Waals surface area (Å²) in [7, 11) is 0. The van der Waals surface area contributed by atoms with E-state index in [0.717, 1.165) is 6.54 Å². The Morgan fingerprint density at radius 1 is 1.60 bits per heavy atom. The predicted octanol–water partition coefficient (Wildman–Crippen LogP) is 3.05. The first kappa shape index (κ1) is 12.4. The third-order valence-electron chi connectivity index (χ3n) is 3.10. The molecule has 0 aliphatic carbocycles. The van der Waals surface area contributed by atoms with E-state index in [4.69, 9.17) is 0 Å². The summed E-state index contributed by atoms with van der Waals surface area (Å²) < 4.78 is 0. The fourth-order valence-electron chi connectivity index (χ4n) is 2.21. The zero-order valence-electron chi connectivity index (χ0n) is 10.3. The van der Waals surface area contributed by atoms with Gasteiger partial charge in [0, 0.05) is 25.6 Å². The van der Waals surface area contributed by atoms with Gasteiger partial charge in [-0.15, -0.1) is 0 Å². The molecule has 2 heteroatoms. The molecule has 2 nitrogen and oxygen atoms in total. The molecule has 0 radical (unpaired) electrons. The molecule has 0 aromatic rings. The molecule has 0 saturated carbocycles. The van der Waals surface area contributed by atoms with Crippen LogP contribution in [-0.2, 0) is 0 Å². The first-order chi connectivity index (χ1) is 7.29. The second-order valence-corrected chi connectivity index (χ2v) is 4.24. The van der Waals surface area contributed by atoms with Crippen molar-refractivity contribution in [2.45, 2.75) is 46.1 Å². The molecule has 0 spiro atoms. The van der Waals surface area contributed by atoms with Gasteiger partial charge in [-0.1, -0.05) is 19.4 Å². The van der Waals surface area contributed by atoms with Crippen LogP contribution in [0.3, 0.4) is 0 Å². The quantitative estimate of drug-likeness (QED) is 0.709. The summed E-state index contributed by atoms with van der Waals surface area (Å²) in [5.41, 5.74) is 1.25. The van der Waals surface area contributed by atoms with Gasteiger partial charge in [-0.2, -0.15) is 0 Å². The molecule has 0 bridgehead atoms. The highest BCUT2D eigenvalue weighted by Gasteiger charge is 2.21. The first-order valence-corrected chi connectivity index (χ1v) is 6.20. The Kier molecular flexibility index (Phi) is 5.62. The standard InChI is InChI=1S/C13H24N2.H2/c1-4-8-12(14-5-2)11(3)13-9-6-7-10-15-13;/h4,8,11,13,15H,5-7,9-10H2,1-3H3;1H/b8-4-,14-12?;. The molecular weight excluding hydrogens is 184 g/mol. The van der Waals surface area contributed by atoms with Crippen molar-refractivity contribution in [2.75, 3.05) is 13.1 Å². The fourth-order valence-corrected chi connectivity index (χ4v) is 2.21. The Balaban J connectivity index is 0.00000225. The number of aliphatic imine (C=N–C) groups is 1. The summed E-state index contributed by atoms with van der Waals surface area (Å²) in [5.74, 6) is 0.543. The van der Waals surface area contributed by atoms with Crippen molar-refractivity contribution in [1.82, 2.24) is 5.32 Å². The van der Waals surface area contributed by atoms with Gasteiger partial charge in [0.05, 0.1) is 0 Å². The molecular formula is C13H26N2. The van der Waals surface area contributed by atoms with E-state index in [1.54, 1.807) is 0 Å². The normalized spacial score (nSPS) is 25.8. The zero-order chi connectivity index (χ0) is 11.1. The van der Waals surface area contributed by atoms with Crippen LogP contribution in [0.2, 0.25) is 0 Å². The molecule has 1 rings (SSSR count). The highest BCUT2D eigenvalue weighted by Crippen LogP contribution is 2.17. The number of piperidine rings is 1. The molecule has 0 aromatic heterocycles. The van der Waals surface area contributed by atoms with Crippen molar-refractivity contribution < 1.29 is 1.43 Å². The third-order valence-corrected chi connectivity index (χ3v) is 3.10. The number of rotatable bonds is 4. The maximum atomic E-state index is 4.58. The van der Waals surface area contributed by atoms with E-state index < -0.39 is 0 Å². The molecule has 1 fully saturated rings. The molecule has 2 atom stereocenters. The Hall–Kier alpha value is -0.630. The lowest BCUT2D eigenvalue weighted by atomic mass is 9.89. The summed E-state index contributed by atoms with van der Waals surface area (Å²) >= 11 is 0. The molecule has 15 heavy (non-hydrogen) atoms. The van der Waals surface area contributed by atoms with Crippen molar-refractivity contribution in [3.63, 3.8) is 0 Å². The second-order valence-electron chi connectivity index (χ2n) is 4.24. The van der Waals surface area contributed by atoms with E-state index in [9.17, 15) is 0 Å². The van der Waals surface area contributed by atoms with Crippen LogP contribution < -0.4 is 5.32 Å². The van der Waals surface area contributed by atoms with Gasteiger partial charge in [-0.25, -0.2) is 0 Å². The van der Waals surface area contributed by atoms with Gasteiger partial charge in [0.1, 0.15) is 0 Å². The number of hydrogen-bond acceptors (Lipinski definition) is 2. The second kappa shape index (κ2) is 6.78. The van der Waals surface area contributed by atoms with Crippen LogP contribution in [0.4, 0.5) is 0 Å². The van der Waals surface area contributed by atoms with E-state index in [1.807, 2.05) is 0 Å². The van der Waals surface area contributed by atoms with Crippen molar-refractivity contribution >= 4 is 5.71 Å². The van der Waals surface area contributed by atoms with Crippen molar-refractivity contribution in [1.29, 1.82) is 0 Å². The monoisotopic (exact) mass is 210 g/mol. The number of hydrogen-bond donors (Lipinski definition) is 1. The minimum Gasteiger partial charge on any atom is -0.313 e. The maximum absolute atomic E-state index is 4.58. The van der Waals surface area contributed by atoms with Crippen molar-refractivity contribution in [3.8, 4) is 0 Å². The minimum atomic E-state index is 0. The molecule has 0 amide bonds. The molecule has 88 valence electrons. The molecule has 2 unspecified atom stereocenters. The lowest BCUT2D eigenvalue weighted by Crippen LogP contribution is -2.41. The predicted molar refractivity (Wildman–Crippen MR) is 69.7 cm³/mol. The van der Waals surface area contributed by atoms with Crippen LogP contribution in [0.5, 0.6) is 0 Å². The van der Waals surface area contributed by atoms with Crippen LogP contribution in [0.1, 0.15) is 41.5 Å². The van der Waals surface area contributed by atoms with E-state index in [2.05, 4.69) is 43.2 Å². The third kappa shape index (κ3) is 3.78. The molecule has 1 saturated heterocycles. The van der Waals surface area contributed by atoms with Gasteiger partial charge in [0.25, 0.3) is 0 Å². The van der Waals surface area contributed by atoms with Gasteiger partial charge < -0.3 is 5.32 Å².